The maximum Gasteiger partial charge on any atom is 0.270 e. The summed E-state index contributed by atoms with van der Waals surface area (Å²) in [5.74, 6) is 0.607. The van der Waals surface area contributed by atoms with E-state index in [1.807, 2.05) is 0 Å². The first-order valence-corrected chi connectivity index (χ1v) is 7.13. The molecule has 0 saturated heterocycles. The molecule has 0 amide bonds. The molecular formula is C14H18N4O3. The van der Waals surface area contributed by atoms with Crippen molar-refractivity contribution in [3.8, 4) is 0 Å². The minimum absolute atomic E-state index is 0.0532. The van der Waals surface area contributed by atoms with Crippen LogP contribution in [-0.4, -0.2) is 28.6 Å². The number of nitro benzene ring substituents is 1. The Bertz CT molecular complexity index is 594. The molecule has 0 aliphatic heterocycles. The third kappa shape index (κ3) is 2.91. The zero-order valence-electron chi connectivity index (χ0n) is 11.6. The van der Waals surface area contributed by atoms with Crippen LogP contribution in [0.25, 0.3) is 0 Å². The predicted octanol–water partition coefficient (Wildman–Crippen LogP) is 2.07. The van der Waals surface area contributed by atoms with Crippen LogP contribution in [0, 0.1) is 16.0 Å². The molecule has 0 radical (unpaired) electrons. The SMILES string of the molecule is NC(=NO)c1cc([N+](=O)[O-])ccc1N(CC1CC1)C1CC1. The van der Waals surface area contributed by atoms with Crippen LogP contribution >= 0.6 is 0 Å². The summed E-state index contributed by atoms with van der Waals surface area (Å²) < 4.78 is 0. The smallest absolute Gasteiger partial charge is 0.270 e. The van der Waals surface area contributed by atoms with Crippen LogP contribution in [0.1, 0.15) is 31.2 Å². The van der Waals surface area contributed by atoms with Crippen LogP contribution in [-0.2, 0) is 0 Å². The lowest BCUT2D eigenvalue weighted by molar-refractivity contribution is -0.384. The van der Waals surface area contributed by atoms with Gasteiger partial charge < -0.3 is 15.8 Å². The predicted molar refractivity (Wildman–Crippen MR) is 78.7 cm³/mol. The summed E-state index contributed by atoms with van der Waals surface area (Å²) in [5.41, 5.74) is 6.92. The molecule has 2 fully saturated rings. The molecule has 0 spiro atoms. The van der Waals surface area contributed by atoms with E-state index < -0.39 is 4.92 Å². The van der Waals surface area contributed by atoms with Gasteiger partial charge in [0.1, 0.15) is 0 Å². The number of hydrogen-bond acceptors (Lipinski definition) is 5. The molecular weight excluding hydrogens is 272 g/mol. The van der Waals surface area contributed by atoms with Gasteiger partial charge >= 0.3 is 0 Å². The highest BCUT2D eigenvalue weighted by Gasteiger charge is 2.35. The fourth-order valence-electron chi connectivity index (χ4n) is 2.56. The topological polar surface area (TPSA) is 105 Å². The first-order chi connectivity index (χ1) is 10.1. The summed E-state index contributed by atoms with van der Waals surface area (Å²) in [7, 11) is 0. The summed E-state index contributed by atoms with van der Waals surface area (Å²) in [4.78, 5) is 12.7. The number of anilines is 1. The van der Waals surface area contributed by atoms with Crippen LogP contribution in [0.5, 0.6) is 0 Å². The van der Waals surface area contributed by atoms with Crippen molar-refractivity contribution in [2.45, 2.75) is 31.7 Å². The fraction of sp³-hybridized carbons (Fsp3) is 0.500. The Morgan fingerprint density at radius 3 is 2.67 bits per heavy atom. The van der Waals surface area contributed by atoms with Crippen LogP contribution in [0.4, 0.5) is 11.4 Å². The lowest BCUT2D eigenvalue weighted by atomic mass is 10.1. The summed E-state index contributed by atoms with van der Waals surface area (Å²) in [6, 6.07) is 5.04. The number of rotatable bonds is 6. The first kappa shape index (κ1) is 13.7. The molecule has 21 heavy (non-hydrogen) atoms. The molecule has 0 aromatic heterocycles. The average Bonchev–Trinajstić information content (AvgIpc) is 3.36. The Kier molecular flexibility index (Phi) is 3.40. The van der Waals surface area contributed by atoms with E-state index in [9.17, 15) is 10.1 Å². The Morgan fingerprint density at radius 2 is 2.14 bits per heavy atom. The molecule has 0 unspecified atom stereocenters. The van der Waals surface area contributed by atoms with Crippen LogP contribution in [0.15, 0.2) is 23.4 Å². The lowest BCUT2D eigenvalue weighted by Gasteiger charge is -2.26. The van der Waals surface area contributed by atoms with Gasteiger partial charge in [-0.1, -0.05) is 5.16 Å². The number of hydrogen-bond donors (Lipinski definition) is 2. The van der Waals surface area contributed by atoms with Crippen molar-refractivity contribution in [2.24, 2.45) is 16.8 Å². The van der Waals surface area contributed by atoms with Crippen molar-refractivity contribution in [1.82, 2.24) is 0 Å². The van der Waals surface area contributed by atoms with Gasteiger partial charge in [-0.2, -0.15) is 0 Å². The zero-order valence-corrected chi connectivity index (χ0v) is 11.6. The second-order valence-corrected chi connectivity index (χ2v) is 5.77. The highest BCUT2D eigenvalue weighted by Crippen LogP contribution is 2.39. The molecule has 7 nitrogen and oxygen atoms in total. The highest BCUT2D eigenvalue weighted by molar-refractivity contribution is 6.03. The molecule has 0 atom stereocenters. The van der Waals surface area contributed by atoms with Crippen LogP contribution in [0.2, 0.25) is 0 Å². The summed E-state index contributed by atoms with van der Waals surface area (Å²) in [6.45, 7) is 0.939. The van der Waals surface area contributed by atoms with E-state index in [1.165, 1.54) is 25.0 Å². The van der Waals surface area contributed by atoms with Gasteiger partial charge in [-0.25, -0.2) is 0 Å². The minimum atomic E-state index is -0.472. The van der Waals surface area contributed by atoms with Crippen molar-refractivity contribution in [1.29, 1.82) is 0 Å². The largest absolute Gasteiger partial charge is 0.409 e. The minimum Gasteiger partial charge on any atom is -0.409 e. The van der Waals surface area contributed by atoms with Crippen molar-refractivity contribution >= 4 is 17.2 Å². The molecule has 2 aliphatic rings. The van der Waals surface area contributed by atoms with Crippen molar-refractivity contribution in [3.63, 3.8) is 0 Å². The van der Waals surface area contributed by atoms with E-state index in [-0.39, 0.29) is 11.5 Å². The second kappa shape index (κ2) is 5.23. The standard InChI is InChI=1S/C14H18N4O3/c15-14(16-19)12-7-11(18(20)21)5-6-13(12)17(10-3-4-10)8-9-1-2-9/h5-7,9-10,19H,1-4,8H2,(H2,15,16). The number of oxime groups is 1. The molecule has 112 valence electrons. The number of nitro groups is 1. The van der Waals surface area contributed by atoms with Gasteiger partial charge in [-0.3, -0.25) is 10.1 Å². The average molecular weight is 290 g/mol. The van der Waals surface area contributed by atoms with E-state index in [0.29, 0.717) is 17.5 Å². The zero-order chi connectivity index (χ0) is 15.0. The van der Waals surface area contributed by atoms with Gasteiger partial charge in [0, 0.05) is 30.4 Å². The van der Waals surface area contributed by atoms with E-state index in [4.69, 9.17) is 10.9 Å². The molecule has 0 heterocycles. The maximum atomic E-state index is 10.9. The van der Waals surface area contributed by atoms with E-state index in [0.717, 1.165) is 25.1 Å². The lowest BCUT2D eigenvalue weighted by Crippen LogP contribution is -2.30. The quantitative estimate of drug-likeness (QED) is 0.274. The maximum absolute atomic E-state index is 10.9. The Morgan fingerprint density at radius 1 is 1.43 bits per heavy atom. The third-order valence-corrected chi connectivity index (χ3v) is 4.02. The van der Waals surface area contributed by atoms with Crippen LogP contribution in [0.3, 0.4) is 0 Å². The fourth-order valence-corrected chi connectivity index (χ4v) is 2.56. The molecule has 3 rings (SSSR count). The summed E-state index contributed by atoms with van der Waals surface area (Å²) in [6.07, 6.45) is 4.71. The third-order valence-electron chi connectivity index (χ3n) is 4.02. The van der Waals surface area contributed by atoms with Crippen molar-refractivity contribution < 1.29 is 10.1 Å². The first-order valence-electron chi connectivity index (χ1n) is 7.13. The van der Waals surface area contributed by atoms with Gasteiger partial charge in [0.15, 0.2) is 5.84 Å². The van der Waals surface area contributed by atoms with Gasteiger partial charge in [-0.15, -0.1) is 0 Å². The number of nitrogens with two attached hydrogens (primary N) is 1. The Balaban J connectivity index is 1.99. The van der Waals surface area contributed by atoms with E-state index >= 15 is 0 Å². The normalized spacial score (nSPS) is 18.6. The molecule has 1 aromatic rings. The number of nitrogens with zero attached hydrogens (tertiary/aromatic N) is 3. The van der Waals surface area contributed by atoms with E-state index in [2.05, 4.69) is 10.1 Å². The molecule has 7 heteroatoms. The molecule has 3 N–H and O–H groups in total. The number of amidine groups is 1. The second-order valence-electron chi connectivity index (χ2n) is 5.77. The Hall–Kier alpha value is -2.31. The number of non-ortho nitro benzene ring substituents is 1. The molecule has 0 bridgehead atoms. The van der Waals surface area contributed by atoms with E-state index in [1.54, 1.807) is 6.07 Å². The highest BCUT2D eigenvalue weighted by atomic mass is 16.6. The van der Waals surface area contributed by atoms with Crippen LogP contribution < -0.4 is 10.6 Å². The van der Waals surface area contributed by atoms with Gasteiger partial charge in [0.05, 0.1) is 10.5 Å². The van der Waals surface area contributed by atoms with Crippen molar-refractivity contribution in [2.75, 3.05) is 11.4 Å². The van der Waals surface area contributed by atoms with Gasteiger partial charge in [0.25, 0.3) is 5.69 Å². The van der Waals surface area contributed by atoms with Gasteiger partial charge in [0.2, 0.25) is 0 Å². The monoisotopic (exact) mass is 290 g/mol. The Labute approximate surface area is 122 Å². The molecule has 2 saturated carbocycles. The number of benzene rings is 1. The van der Waals surface area contributed by atoms with Gasteiger partial charge in [-0.05, 0) is 37.7 Å². The molecule has 1 aromatic carbocycles. The molecule has 2 aliphatic carbocycles. The summed E-state index contributed by atoms with van der Waals surface area (Å²) in [5, 5.41) is 22.9. The van der Waals surface area contributed by atoms with Crippen molar-refractivity contribution in [3.05, 3.63) is 33.9 Å². The summed E-state index contributed by atoms with van der Waals surface area (Å²) >= 11 is 0.